The Bertz CT molecular complexity index is 1360. The maximum absolute atomic E-state index is 13.7. The number of rotatable bonds is 7. The van der Waals surface area contributed by atoms with Gasteiger partial charge in [0.1, 0.15) is 5.69 Å². The summed E-state index contributed by atoms with van der Waals surface area (Å²) >= 11 is 6.12. The Morgan fingerprint density at radius 3 is 2.46 bits per heavy atom. The third kappa shape index (κ3) is 4.26. The molecule has 0 radical (unpaired) electrons. The van der Waals surface area contributed by atoms with Gasteiger partial charge in [-0.1, -0.05) is 59.6 Å². The molecule has 0 saturated carbocycles. The van der Waals surface area contributed by atoms with Crippen LogP contribution in [0.1, 0.15) is 45.7 Å². The first-order valence-electron chi connectivity index (χ1n) is 11.5. The summed E-state index contributed by atoms with van der Waals surface area (Å²) in [6, 6.07) is 21.2. The monoisotopic (exact) mass is 487 g/mol. The van der Waals surface area contributed by atoms with Gasteiger partial charge in [0.15, 0.2) is 11.5 Å². The zero-order chi connectivity index (χ0) is 24.5. The fourth-order valence-corrected chi connectivity index (χ4v) is 4.68. The number of fused-ring (bicyclic) bond motifs is 1. The molecule has 5 rings (SSSR count). The van der Waals surface area contributed by atoms with Crippen molar-refractivity contribution in [3.05, 3.63) is 99.7 Å². The van der Waals surface area contributed by atoms with Gasteiger partial charge in [0.05, 0.1) is 25.5 Å². The Hall–Kier alpha value is -3.77. The van der Waals surface area contributed by atoms with Crippen molar-refractivity contribution in [3.8, 4) is 22.8 Å². The van der Waals surface area contributed by atoms with Crippen LogP contribution in [0.4, 0.5) is 0 Å². The highest BCUT2D eigenvalue weighted by Gasteiger charge is 2.42. The molecule has 178 valence electrons. The second-order valence-corrected chi connectivity index (χ2v) is 8.97. The maximum Gasteiger partial charge on any atom is 0.273 e. The number of carbonyl (C=O) groups excluding carboxylic acids is 1. The van der Waals surface area contributed by atoms with E-state index in [1.807, 2.05) is 54.3 Å². The SMILES string of the molecule is CCOc1ccc(C2c3c(-c4ccc(Cl)cc4)n[nH]c3C(=O)N2Cc2ccc(C)cc2)cc1OC. The minimum absolute atomic E-state index is 0.0915. The van der Waals surface area contributed by atoms with Crippen molar-refractivity contribution in [1.82, 2.24) is 15.1 Å². The summed E-state index contributed by atoms with van der Waals surface area (Å²) in [6.07, 6.45) is 0. The number of nitrogens with one attached hydrogen (secondary N) is 1. The Morgan fingerprint density at radius 1 is 1.03 bits per heavy atom. The fraction of sp³-hybridized carbons (Fsp3) is 0.214. The van der Waals surface area contributed by atoms with Crippen LogP contribution in [0, 0.1) is 6.92 Å². The van der Waals surface area contributed by atoms with Crippen molar-refractivity contribution in [3.63, 3.8) is 0 Å². The lowest BCUT2D eigenvalue weighted by Gasteiger charge is -2.27. The average molecular weight is 488 g/mol. The summed E-state index contributed by atoms with van der Waals surface area (Å²) in [5.74, 6) is 1.20. The van der Waals surface area contributed by atoms with Crippen LogP contribution in [-0.4, -0.2) is 34.7 Å². The highest BCUT2D eigenvalue weighted by molar-refractivity contribution is 6.30. The average Bonchev–Trinajstić information content (AvgIpc) is 3.41. The van der Waals surface area contributed by atoms with Gasteiger partial charge in [-0.25, -0.2) is 0 Å². The molecule has 2 heterocycles. The number of aryl methyl sites for hydroxylation is 1. The number of aromatic amines is 1. The van der Waals surface area contributed by atoms with Crippen molar-refractivity contribution >= 4 is 17.5 Å². The molecule has 1 unspecified atom stereocenters. The summed E-state index contributed by atoms with van der Waals surface area (Å²) in [5.41, 5.74) is 6.11. The van der Waals surface area contributed by atoms with Crippen LogP contribution in [-0.2, 0) is 6.54 Å². The van der Waals surface area contributed by atoms with E-state index in [0.29, 0.717) is 35.4 Å². The molecule has 1 aliphatic rings. The molecule has 0 bridgehead atoms. The predicted octanol–water partition coefficient (Wildman–Crippen LogP) is 6.19. The number of hydrogen-bond donors (Lipinski definition) is 1. The number of H-pyrrole nitrogens is 1. The molecule has 0 spiro atoms. The molecule has 3 aromatic carbocycles. The molecule has 0 fully saturated rings. The Kier molecular flexibility index (Phi) is 6.22. The predicted molar refractivity (Wildman–Crippen MR) is 136 cm³/mol. The normalized spacial score (nSPS) is 14.8. The first-order chi connectivity index (χ1) is 17.0. The smallest absolute Gasteiger partial charge is 0.273 e. The second-order valence-electron chi connectivity index (χ2n) is 8.53. The van der Waals surface area contributed by atoms with E-state index >= 15 is 0 Å². The van der Waals surface area contributed by atoms with Gasteiger partial charge in [0.25, 0.3) is 5.91 Å². The molecule has 6 nitrogen and oxygen atoms in total. The minimum Gasteiger partial charge on any atom is -0.493 e. The van der Waals surface area contributed by atoms with Crippen LogP contribution < -0.4 is 9.47 Å². The highest BCUT2D eigenvalue weighted by atomic mass is 35.5. The van der Waals surface area contributed by atoms with E-state index < -0.39 is 0 Å². The van der Waals surface area contributed by atoms with E-state index in [1.165, 1.54) is 5.56 Å². The van der Waals surface area contributed by atoms with Gasteiger partial charge in [0, 0.05) is 22.7 Å². The molecule has 1 amide bonds. The van der Waals surface area contributed by atoms with Crippen LogP contribution in [0.3, 0.4) is 0 Å². The summed E-state index contributed by atoms with van der Waals surface area (Å²) in [7, 11) is 1.62. The molecule has 0 saturated heterocycles. The second kappa shape index (κ2) is 9.47. The molecule has 35 heavy (non-hydrogen) atoms. The van der Waals surface area contributed by atoms with Crippen LogP contribution in [0.2, 0.25) is 5.02 Å². The van der Waals surface area contributed by atoms with Gasteiger partial charge in [-0.15, -0.1) is 0 Å². The molecule has 0 aliphatic carbocycles. The van der Waals surface area contributed by atoms with E-state index in [4.69, 9.17) is 21.1 Å². The quantitative estimate of drug-likeness (QED) is 0.337. The lowest BCUT2D eigenvalue weighted by molar-refractivity contribution is 0.0730. The van der Waals surface area contributed by atoms with Crippen molar-refractivity contribution < 1.29 is 14.3 Å². The van der Waals surface area contributed by atoms with E-state index in [2.05, 4.69) is 41.4 Å². The molecule has 7 heteroatoms. The minimum atomic E-state index is -0.354. The van der Waals surface area contributed by atoms with Gasteiger partial charge in [-0.05, 0) is 49.2 Å². The highest BCUT2D eigenvalue weighted by Crippen LogP contribution is 2.45. The third-order valence-corrected chi connectivity index (χ3v) is 6.51. The number of ether oxygens (including phenoxy) is 2. The molecule has 1 aliphatic heterocycles. The van der Waals surface area contributed by atoms with Crippen molar-refractivity contribution in [1.29, 1.82) is 0 Å². The first kappa shape index (κ1) is 23.0. The van der Waals surface area contributed by atoms with E-state index in [0.717, 1.165) is 27.9 Å². The van der Waals surface area contributed by atoms with Crippen molar-refractivity contribution in [2.24, 2.45) is 0 Å². The lowest BCUT2D eigenvalue weighted by atomic mass is 9.95. The summed E-state index contributed by atoms with van der Waals surface area (Å²) in [4.78, 5) is 15.5. The largest absolute Gasteiger partial charge is 0.493 e. The number of benzene rings is 3. The van der Waals surface area contributed by atoms with E-state index in [-0.39, 0.29) is 11.9 Å². The first-order valence-corrected chi connectivity index (χ1v) is 11.9. The van der Waals surface area contributed by atoms with Crippen LogP contribution in [0.25, 0.3) is 11.3 Å². The number of hydrogen-bond acceptors (Lipinski definition) is 4. The summed E-state index contributed by atoms with van der Waals surface area (Å²) in [5, 5.41) is 8.18. The van der Waals surface area contributed by atoms with E-state index in [1.54, 1.807) is 7.11 Å². The van der Waals surface area contributed by atoms with Gasteiger partial charge in [-0.3, -0.25) is 9.89 Å². The number of carbonyl (C=O) groups is 1. The van der Waals surface area contributed by atoms with Crippen LogP contribution in [0.5, 0.6) is 11.5 Å². The Labute approximate surface area is 209 Å². The number of methoxy groups -OCH3 is 1. The summed E-state index contributed by atoms with van der Waals surface area (Å²) < 4.78 is 11.3. The Morgan fingerprint density at radius 2 is 1.77 bits per heavy atom. The molecule has 1 aromatic heterocycles. The van der Waals surface area contributed by atoms with Gasteiger partial charge in [0.2, 0.25) is 0 Å². The zero-order valence-corrected chi connectivity index (χ0v) is 20.6. The van der Waals surface area contributed by atoms with Crippen molar-refractivity contribution in [2.45, 2.75) is 26.4 Å². The van der Waals surface area contributed by atoms with Crippen LogP contribution >= 0.6 is 11.6 Å². The van der Waals surface area contributed by atoms with Gasteiger partial charge < -0.3 is 14.4 Å². The summed E-state index contributed by atoms with van der Waals surface area (Å²) in [6.45, 7) is 4.97. The lowest BCUT2D eigenvalue weighted by Crippen LogP contribution is -2.29. The number of nitrogens with zero attached hydrogens (tertiary/aromatic N) is 2. The van der Waals surface area contributed by atoms with Crippen molar-refractivity contribution in [2.75, 3.05) is 13.7 Å². The molecule has 1 N–H and O–H groups in total. The fourth-order valence-electron chi connectivity index (χ4n) is 4.55. The van der Waals surface area contributed by atoms with Crippen LogP contribution in [0.15, 0.2) is 66.7 Å². The molecular formula is C28H26ClN3O3. The number of halogens is 1. The Balaban J connectivity index is 1.64. The third-order valence-electron chi connectivity index (χ3n) is 6.26. The number of amides is 1. The topological polar surface area (TPSA) is 67.5 Å². The standard InChI is InChI=1S/C28H26ClN3O3/c1-4-35-22-14-11-20(15-23(22)34-3)27-24-25(19-9-12-21(29)13-10-19)30-31-26(24)28(33)32(27)16-18-7-5-17(2)6-8-18/h5-15,27H,4,16H2,1-3H3,(H,30,31). The molecule has 4 aromatic rings. The van der Waals surface area contributed by atoms with E-state index in [9.17, 15) is 4.79 Å². The zero-order valence-electron chi connectivity index (χ0n) is 19.8. The number of aromatic nitrogens is 2. The van der Waals surface area contributed by atoms with Gasteiger partial charge >= 0.3 is 0 Å². The maximum atomic E-state index is 13.7. The molecular weight excluding hydrogens is 462 g/mol. The van der Waals surface area contributed by atoms with Gasteiger partial charge in [-0.2, -0.15) is 5.10 Å². The molecule has 1 atom stereocenters.